The normalized spacial score (nSPS) is 19.1. The molecule has 1 aliphatic heterocycles. The van der Waals surface area contributed by atoms with E-state index in [4.69, 9.17) is 9.51 Å². The van der Waals surface area contributed by atoms with Crippen molar-refractivity contribution in [3.05, 3.63) is 47.1 Å². The number of aromatic nitrogens is 3. The predicted molar refractivity (Wildman–Crippen MR) is 108 cm³/mol. The van der Waals surface area contributed by atoms with E-state index in [2.05, 4.69) is 28.3 Å². The Kier molecular flexibility index (Phi) is 4.43. The lowest BCUT2D eigenvalue weighted by Crippen LogP contribution is -2.38. The summed E-state index contributed by atoms with van der Waals surface area (Å²) >= 11 is 0. The molecular weight excluding hydrogens is 388 g/mol. The van der Waals surface area contributed by atoms with Crippen molar-refractivity contribution in [1.29, 1.82) is 0 Å². The maximum atomic E-state index is 13.0. The fourth-order valence-corrected chi connectivity index (χ4v) is 6.03. The highest BCUT2D eigenvalue weighted by molar-refractivity contribution is 7.89. The average molecular weight is 413 g/mol. The number of rotatable bonds is 4. The minimum Gasteiger partial charge on any atom is -0.360 e. The molecule has 0 amide bonds. The highest BCUT2D eigenvalue weighted by Crippen LogP contribution is 2.40. The lowest BCUT2D eigenvalue weighted by Gasteiger charge is -2.30. The van der Waals surface area contributed by atoms with Gasteiger partial charge >= 0.3 is 0 Å². The summed E-state index contributed by atoms with van der Waals surface area (Å²) < 4.78 is 32.6. The number of fused-ring (bicyclic) bond motifs is 1. The molecule has 4 heterocycles. The van der Waals surface area contributed by atoms with Crippen molar-refractivity contribution >= 4 is 21.1 Å². The third-order valence-corrected chi connectivity index (χ3v) is 8.22. The molecule has 1 aliphatic carbocycles. The van der Waals surface area contributed by atoms with Crippen LogP contribution in [0.2, 0.25) is 0 Å². The molecule has 8 heteroatoms. The summed E-state index contributed by atoms with van der Waals surface area (Å²) in [4.78, 5) is 9.56. The molecule has 0 aromatic carbocycles. The van der Waals surface area contributed by atoms with Crippen LogP contribution in [0.3, 0.4) is 0 Å². The topological polar surface area (TPSA) is 89.2 Å². The van der Waals surface area contributed by atoms with Gasteiger partial charge in [0.2, 0.25) is 10.0 Å². The minimum absolute atomic E-state index is 0.204. The predicted octanol–water partition coefficient (Wildman–Crippen LogP) is 3.68. The van der Waals surface area contributed by atoms with Crippen LogP contribution in [0, 0.1) is 13.8 Å². The van der Waals surface area contributed by atoms with Gasteiger partial charge in [-0.2, -0.15) is 4.31 Å². The first kappa shape index (κ1) is 18.7. The van der Waals surface area contributed by atoms with Crippen LogP contribution in [0.25, 0.3) is 11.0 Å². The van der Waals surface area contributed by atoms with Crippen LogP contribution in [-0.2, 0) is 10.0 Å². The first-order valence-electron chi connectivity index (χ1n) is 10.1. The molecular formula is C21H24N4O3S. The van der Waals surface area contributed by atoms with Crippen LogP contribution in [-0.4, -0.2) is 40.9 Å². The summed E-state index contributed by atoms with van der Waals surface area (Å²) in [5, 5.41) is 4.87. The Labute approximate surface area is 170 Å². The zero-order chi connectivity index (χ0) is 20.2. The Bertz CT molecular complexity index is 1160. The van der Waals surface area contributed by atoms with Gasteiger partial charge in [0.15, 0.2) is 11.4 Å². The van der Waals surface area contributed by atoms with Crippen molar-refractivity contribution < 1.29 is 12.9 Å². The molecule has 152 valence electrons. The third-order valence-electron chi connectivity index (χ3n) is 6.07. The van der Waals surface area contributed by atoms with Gasteiger partial charge in [-0.1, -0.05) is 5.16 Å². The first-order valence-corrected chi connectivity index (χ1v) is 11.6. The molecule has 0 radical (unpaired) electrons. The molecule has 0 spiro atoms. The van der Waals surface area contributed by atoms with Crippen LogP contribution in [0.4, 0.5) is 0 Å². The minimum atomic E-state index is -3.58. The Hall–Kier alpha value is -2.32. The van der Waals surface area contributed by atoms with Gasteiger partial charge in [0.25, 0.3) is 0 Å². The molecule has 29 heavy (non-hydrogen) atoms. The van der Waals surface area contributed by atoms with Gasteiger partial charge in [0.05, 0.1) is 0 Å². The van der Waals surface area contributed by atoms with Crippen LogP contribution in [0.5, 0.6) is 0 Å². The summed E-state index contributed by atoms with van der Waals surface area (Å²) in [5.74, 6) is 1.26. The zero-order valence-electron chi connectivity index (χ0n) is 16.6. The molecule has 5 rings (SSSR count). The van der Waals surface area contributed by atoms with Gasteiger partial charge in [-0.15, -0.1) is 0 Å². The molecule has 0 N–H and O–H groups in total. The molecule has 7 nitrogen and oxygen atoms in total. The Balaban J connectivity index is 1.33. The second-order valence-electron chi connectivity index (χ2n) is 8.16. The van der Waals surface area contributed by atoms with Gasteiger partial charge in [-0.25, -0.2) is 18.4 Å². The van der Waals surface area contributed by atoms with E-state index in [0.29, 0.717) is 30.5 Å². The van der Waals surface area contributed by atoms with E-state index < -0.39 is 10.0 Å². The van der Waals surface area contributed by atoms with Gasteiger partial charge in [0, 0.05) is 36.3 Å². The largest absolute Gasteiger partial charge is 0.360 e. The number of nitrogens with zero attached hydrogens (tertiary/aromatic N) is 4. The van der Waals surface area contributed by atoms with Crippen LogP contribution in [0.1, 0.15) is 60.2 Å². The van der Waals surface area contributed by atoms with E-state index in [-0.39, 0.29) is 10.8 Å². The van der Waals surface area contributed by atoms with E-state index in [1.165, 1.54) is 22.7 Å². The number of hydrogen-bond acceptors (Lipinski definition) is 6. The molecule has 3 aromatic heterocycles. The molecule has 3 aromatic rings. The fourth-order valence-electron chi connectivity index (χ4n) is 4.27. The summed E-state index contributed by atoms with van der Waals surface area (Å²) in [6.45, 7) is 4.23. The molecule has 2 fully saturated rings. The molecule has 1 saturated heterocycles. The van der Waals surface area contributed by atoms with E-state index in [9.17, 15) is 8.42 Å². The van der Waals surface area contributed by atoms with E-state index in [0.717, 1.165) is 29.6 Å². The van der Waals surface area contributed by atoms with Crippen LogP contribution >= 0.6 is 0 Å². The third kappa shape index (κ3) is 3.34. The monoisotopic (exact) mass is 412 g/mol. The SMILES string of the molecule is Cc1noc(C)c1S(=O)(=O)N1CCC(c2ccc3cc(C4CC4)cnc3n2)CC1. The number of piperidine rings is 1. The smallest absolute Gasteiger partial charge is 0.248 e. The van der Waals surface area contributed by atoms with Gasteiger partial charge in [-0.3, -0.25) is 0 Å². The van der Waals surface area contributed by atoms with Crippen molar-refractivity contribution in [3.63, 3.8) is 0 Å². The molecule has 0 unspecified atom stereocenters. The summed E-state index contributed by atoms with van der Waals surface area (Å²) in [6, 6.07) is 6.38. The second kappa shape index (κ2) is 6.88. The van der Waals surface area contributed by atoms with Crippen molar-refractivity contribution in [2.75, 3.05) is 13.1 Å². The van der Waals surface area contributed by atoms with Crippen molar-refractivity contribution in [2.24, 2.45) is 0 Å². The Morgan fingerprint density at radius 3 is 2.48 bits per heavy atom. The highest BCUT2D eigenvalue weighted by Gasteiger charge is 2.34. The van der Waals surface area contributed by atoms with Crippen molar-refractivity contribution in [3.8, 4) is 0 Å². The number of aryl methyl sites for hydroxylation is 2. The number of hydrogen-bond donors (Lipinski definition) is 0. The molecule has 2 aliphatic rings. The molecule has 0 atom stereocenters. The quantitative estimate of drug-likeness (QED) is 0.649. The average Bonchev–Trinajstić information content (AvgIpc) is 3.51. The van der Waals surface area contributed by atoms with E-state index in [1.807, 2.05) is 6.20 Å². The first-order chi connectivity index (χ1) is 13.9. The summed E-state index contributed by atoms with van der Waals surface area (Å²) in [6.07, 6.45) is 5.94. The Morgan fingerprint density at radius 1 is 1.07 bits per heavy atom. The standard InChI is InChI=1S/C21H24N4O3S/c1-13-20(14(2)28-24-13)29(26,27)25-9-7-16(8-10-25)19-6-5-17-11-18(15-3-4-15)12-22-21(17)23-19/h5-6,11-12,15-16H,3-4,7-10H2,1-2H3. The van der Waals surface area contributed by atoms with E-state index >= 15 is 0 Å². The fraction of sp³-hybridized carbons (Fsp3) is 0.476. The highest BCUT2D eigenvalue weighted by atomic mass is 32.2. The van der Waals surface area contributed by atoms with Gasteiger partial charge in [-0.05, 0) is 69.2 Å². The van der Waals surface area contributed by atoms with Crippen molar-refractivity contribution in [1.82, 2.24) is 19.4 Å². The number of pyridine rings is 2. The summed E-state index contributed by atoms with van der Waals surface area (Å²) in [7, 11) is -3.58. The number of sulfonamides is 1. The maximum Gasteiger partial charge on any atom is 0.248 e. The van der Waals surface area contributed by atoms with Crippen molar-refractivity contribution in [2.45, 2.75) is 56.3 Å². The van der Waals surface area contributed by atoms with Gasteiger partial charge < -0.3 is 4.52 Å². The van der Waals surface area contributed by atoms with Crippen LogP contribution < -0.4 is 0 Å². The van der Waals surface area contributed by atoms with Gasteiger partial charge in [0.1, 0.15) is 10.6 Å². The van der Waals surface area contributed by atoms with E-state index in [1.54, 1.807) is 13.8 Å². The lowest BCUT2D eigenvalue weighted by molar-refractivity contribution is 0.316. The molecule has 1 saturated carbocycles. The maximum absolute atomic E-state index is 13.0. The lowest BCUT2D eigenvalue weighted by atomic mass is 9.94. The zero-order valence-corrected chi connectivity index (χ0v) is 17.4. The second-order valence-corrected chi connectivity index (χ2v) is 10.0. The summed E-state index contributed by atoms with van der Waals surface area (Å²) in [5.41, 5.74) is 3.50. The Morgan fingerprint density at radius 2 is 1.83 bits per heavy atom. The molecule has 0 bridgehead atoms. The van der Waals surface area contributed by atoms with Crippen LogP contribution in [0.15, 0.2) is 33.8 Å².